The molecule has 5 N–H and O–H groups in total. The number of hydrogen-bond acceptors (Lipinski definition) is 12. The largest absolute Gasteiger partial charge is 0.573 e. The number of phosphoric acid groups is 2. The zero-order valence-corrected chi connectivity index (χ0v) is 21.5. The van der Waals surface area contributed by atoms with Crippen molar-refractivity contribution in [2.45, 2.75) is 37.4 Å². The van der Waals surface area contributed by atoms with Crippen molar-refractivity contribution in [3.05, 3.63) is 56.7 Å². The molecule has 1 aliphatic rings. The average molecular weight is 637 g/mol. The van der Waals surface area contributed by atoms with Crippen LogP contribution in [0.25, 0.3) is 11.0 Å². The van der Waals surface area contributed by atoms with Gasteiger partial charge in [0.15, 0.2) is 23.4 Å². The molecule has 3 unspecified atom stereocenters. The van der Waals surface area contributed by atoms with E-state index in [1.165, 1.54) is 0 Å². The predicted molar refractivity (Wildman–Crippen MR) is 120 cm³/mol. The van der Waals surface area contributed by atoms with Gasteiger partial charge in [0.1, 0.15) is 24.0 Å². The Balaban J connectivity index is 1.63. The van der Waals surface area contributed by atoms with Gasteiger partial charge in [0.05, 0.1) is 18.5 Å². The zero-order valence-electron chi connectivity index (χ0n) is 19.7. The van der Waals surface area contributed by atoms with Gasteiger partial charge in [-0.1, -0.05) is 5.16 Å². The summed E-state index contributed by atoms with van der Waals surface area (Å²) < 4.78 is 98.0. The molecule has 0 bridgehead atoms. The molecular formula is C18H17F4N3O14P2. The standard InChI is InChI=1S/C18H17F4N3O14P2/c19-7-1-2-9-12(15(7)37-18(20,21)22)8(23-38-9)5-25-11(26)3-4-24(17(25)29)16-14(28)13(27)10(36-16)6-35-41(33,34)39-40(30,31)32/h1-4,10,13-14,16,27-28H,5-6H2,(H,33,34)(H2,30,31,32)/t10-,13?,14?,16-/m1/s1. The van der Waals surface area contributed by atoms with Crippen molar-refractivity contribution < 1.29 is 74.4 Å². The average Bonchev–Trinajstić information content (AvgIpc) is 3.36. The highest BCUT2D eigenvalue weighted by Gasteiger charge is 2.46. The van der Waals surface area contributed by atoms with Gasteiger partial charge in [0, 0.05) is 12.3 Å². The summed E-state index contributed by atoms with van der Waals surface area (Å²) in [6.07, 6.45) is -11.9. The summed E-state index contributed by atoms with van der Waals surface area (Å²) in [5.74, 6) is -2.79. The minimum absolute atomic E-state index is 0.380. The Morgan fingerprint density at radius 3 is 2.39 bits per heavy atom. The minimum Gasteiger partial charge on any atom is -0.402 e. The number of nitrogens with zero attached hydrogens (tertiary/aromatic N) is 3. The molecule has 226 valence electrons. The second-order valence-electron chi connectivity index (χ2n) is 8.24. The number of aliphatic hydroxyl groups excluding tert-OH is 2. The molecule has 0 radical (unpaired) electrons. The molecule has 1 aliphatic heterocycles. The Morgan fingerprint density at radius 2 is 1.76 bits per heavy atom. The number of phosphoric ester groups is 1. The Bertz CT molecular complexity index is 1670. The molecule has 4 rings (SSSR count). The van der Waals surface area contributed by atoms with Gasteiger partial charge < -0.3 is 38.9 Å². The summed E-state index contributed by atoms with van der Waals surface area (Å²) in [7, 11) is -10.8. The van der Waals surface area contributed by atoms with Crippen LogP contribution in [0, 0.1) is 5.82 Å². The molecule has 5 atom stereocenters. The van der Waals surface area contributed by atoms with Crippen molar-refractivity contribution >= 4 is 26.6 Å². The quantitative estimate of drug-likeness (QED) is 0.154. The monoisotopic (exact) mass is 637 g/mol. The maximum Gasteiger partial charge on any atom is 0.573 e. The first-order valence-corrected chi connectivity index (χ1v) is 13.8. The molecule has 17 nitrogen and oxygen atoms in total. The van der Waals surface area contributed by atoms with E-state index in [9.17, 15) is 51.4 Å². The van der Waals surface area contributed by atoms with Gasteiger partial charge in [-0.15, -0.1) is 13.2 Å². The second-order valence-corrected chi connectivity index (χ2v) is 11.1. The first-order valence-electron chi connectivity index (χ1n) is 10.8. The molecule has 41 heavy (non-hydrogen) atoms. The molecule has 1 saturated heterocycles. The molecule has 2 aromatic heterocycles. The van der Waals surface area contributed by atoms with Crippen LogP contribution in [0.4, 0.5) is 17.6 Å². The first-order chi connectivity index (χ1) is 18.9. The maximum atomic E-state index is 14.2. The molecule has 3 heterocycles. The highest BCUT2D eigenvalue weighted by Crippen LogP contribution is 2.57. The third kappa shape index (κ3) is 6.92. The SMILES string of the molecule is O=c1ccn([C@@H]2O[C@H](COP(=O)(O)OP(=O)(O)O)C(O)C2O)c(=O)n1Cc1noc2ccc(F)c(OC(F)(F)F)c12. The van der Waals surface area contributed by atoms with Crippen LogP contribution in [0.1, 0.15) is 11.9 Å². The van der Waals surface area contributed by atoms with E-state index >= 15 is 0 Å². The third-order valence-electron chi connectivity index (χ3n) is 5.46. The number of halogens is 4. The maximum absolute atomic E-state index is 14.2. The summed E-state index contributed by atoms with van der Waals surface area (Å²) in [6.45, 7) is -1.98. The number of aromatic nitrogens is 3. The van der Waals surface area contributed by atoms with Crippen LogP contribution in [0.3, 0.4) is 0 Å². The number of alkyl halides is 3. The number of fused-ring (bicyclic) bond motifs is 1. The fourth-order valence-electron chi connectivity index (χ4n) is 3.80. The number of hydrogen-bond donors (Lipinski definition) is 5. The summed E-state index contributed by atoms with van der Waals surface area (Å²) >= 11 is 0. The van der Waals surface area contributed by atoms with E-state index in [2.05, 4.69) is 18.7 Å². The van der Waals surface area contributed by atoms with Crippen molar-refractivity contribution in [2.24, 2.45) is 0 Å². The summed E-state index contributed by atoms with van der Waals surface area (Å²) in [4.78, 5) is 52.3. The number of aliphatic hydroxyl groups is 2. The smallest absolute Gasteiger partial charge is 0.402 e. The van der Waals surface area contributed by atoms with E-state index in [0.717, 1.165) is 18.3 Å². The fourth-order valence-corrected chi connectivity index (χ4v) is 5.40. The minimum atomic E-state index is -5.47. The van der Waals surface area contributed by atoms with E-state index in [1.807, 2.05) is 0 Å². The van der Waals surface area contributed by atoms with Gasteiger partial charge in [-0.2, -0.15) is 4.31 Å². The normalized spacial score (nSPS) is 23.1. The van der Waals surface area contributed by atoms with Gasteiger partial charge in [-0.05, 0) is 12.1 Å². The highest BCUT2D eigenvalue weighted by atomic mass is 31.3. The Labute approximate surface area is 222 Å². The molecular weight excluding hydrogens is 620 g/mol. The first kappa shape index (κ1) is 31.0. The van der Waals surface area contributed by atoms with Gasteiger partial charge in [-0.25, -0.2) is 18.3 Å². The van der Waals surface area contributed by atoms with Crippen LogP contribution in [0.15, 0.2) is 38.5 Å². The van der Waals surface area contributed by atoms with Crippen molar-refractivity contribution in [1.82, 2.24) is 14.3 Å². The van der Waals surface area contributed by atoms with Crippen LogP contribution in [-0.4, -0.2) is 70.5 Å². The number of rotatable bonds is 9. The van der Waals surface area contributed by atoms with E-state index in [1.54, 1.807) is 0 Å². The molecule has 1 aromatic carbocycles. The third-order valence-corrected chi connectivity index (χ3v) is 7.61. The Hall–Kier alpha value is -2.97. The van der Waals surface area contributed by atoms with Crippen LogP contribution < -0.4 is 16.0 Å². The lowest BCUT2D eigenvalue weighted by Gasteiger charge is -2.19. The van der Waals surface area contributed by atoms with Gasteiger partial charge in [0.25, 0.3) is 5.56 Å². The summed E-state index contributed by atoms with van der Waals surface area (Å²) in [6, 6.07) is 2.30. The van der Waals surface area contributed by atoms with Crippen molar-refractivity contribution in [3.8, 4) is 5.75 Å². The predicted octanol–water partition coefficient (Wildman–Crippen LogP) is 0.0827. The molecule has 0 saturated carbocycles. The van der Waals surface area contributed by atoms with E-state index in [4.69, 9.17) is 19.0 Å². The van der Waals surface area contributed by atoms with Crippen LogP contribution in [0.5, 0.6) is 5.75 Å². The second kappa shape index (κ2) is 11.0. The molecule has 0 aliphatic carbocycles. The lowest BCUT2D eigenvalue weighted by molar-refractivity contribution is -0.275. The summed E-state index contributed by atoms with van der Waals surface area (Å²) in [5, 5.41) is 23.5. The number of benzene rings is 1. The molecule has 3 aromatic rings. The molecule has 23 heteroatoms. The van der Waals surface area contributed by atoms with E-state index in [-0.39, 0.29) is 5.58 Å². The van der Waals surface area contributed by atoms with Crippen molar-refractivity contribution in [2.75, 3.05) is 6.61 Å². The molecule has 1 fully saturated rings. The zero-order chi connectivity index (χ0) is 30.5. The molecule has 0 amide bonds. The Kier molecular flexibility index (Phi) is 8.33. The Morgan fingerprint density at radius 1 is 1.07 bits per heavy atom. The van der Waals surface area contributed by atoms with E-state index in [0.29, 0.717) is 15.2 Å². The summed E-state index contributed by atoms with van der Waals surface area (Å²) in [5.41, 5.74) is -3.23. The molecule has 0 spiro atoms. The van der Waals surface area contributed by atoms with Crippen molar-refractivity contribution in [1.29, 1.82) is 0 Å². The van der Waals surface area contributed by atoms with Gasteiger partial charge in [-0.3, -0.25) is 18.5 Å². The topological polar surface area (TPSA) is 242 Å². The fraction of sp³-hybridized carbons (Fsp3) is 0.389. The van der Waals surface area contributed by atoms with E-state index < -0.39 is 93.6 Å². The number of ether oxygens (including phenoxy) is 2. The van der Waals surface area contributed by atoms with Gasteiger partial charge in [0.2, 0.25) is 0 Å². The lowest BCUT2D eigenvalue weighted by Crippen LogP contribution is -2.43. The van der Waals surface area contributed by atoms with Crippen LogP contribution in [0.2, 0.25) is 0 Å². The van der Waals surface area contributed by atoms with Crippen LogP contribution in [-0.2, 0) is 29.2 Å². The van der Waals surface area contributed by atoms with Crippen molar-refractivity contribution in [3.63, 3.8) is 0 Å². The van der Waals surface area contributed by atoms with Gasteiger partial charge >= 0.3 is 27.7 Å². The van der Waals surface area contributed by atoms with Crippen LogP contribution >= 0.6 is 15.6 Å². The highest BCUT2D eigenvalue weighted by molar-refractivity contribution is 7.60. The lowest BCUT2D eigenvalue weighted by atomic mass is 10.1.